The fourth-order valence-corrected chi connectivity index (χ4v) is 2.21. The number of hydrogen-bond donors (Lipinski definition) is 1. The summed E-state index contributed by atoms with van der Waals surface area (Å²) >= 11 is 4.91. The van der Waals surface area contributed by atoms with Gasteiger partial charge in [-0.25, -0.2) is 0 Å². The van der Waals surface area contributed by atoms with Gasteiger partial charge in [0.25, 0.3) is 0 Å². The zero-order chi connectivity index (χ0) is 13.7. The van der Waals surface area contributed by atoms with E-state index >= 15 is 0 Å². The van der Waals surface area contributed by atoms with Gasteiger partial charge in [-0.3, -0.25) is 0 Å². The topological polar surface area (TPSA) is 38.5 Å². The average Bonchev–Trinajstić information content (AvgIpc) is 3.19. The summed E-state index contributed by atoms with van der Waals surface area (Å²) in [5, 5.41) is 0. The number of nitrogens with two attached hydrogens (primary N) is 1. The molecule has 0 aliphatic heterocycles. The van der Waals surface area contributed by atoms with Gasteiger partial charge in [-0.2, -0.15) is 0 Å². The predicted molar refractivity (Wildman–Crippen MR) is 82.7 cm³/mol. The first kappa shape index (κ1) is 14.3. The summed E-state index contributed by atoms with van der Waals surface area (Å²) in [7, 11) is 2.19. The van der Waals surface area contributed by atoms with Gasteiger partial charge >= 0.3 is 0 Å². The van der Waals surface area contributed by atoms with Crippen molar-refractivity contribution in [3.63, 3.8) is 0 Å². The SMILES string of the molecule is CN(CCCOc1ccc(C(N)=S)cc1)CC1CC1. The number of thiocarbonyl (C=S) groups is 1. The highest BCUT2D eigenvalue weighted by Gasteiger charge is 2.22. The van der Waals surface area contributed by atoms with Crippen molar-refractivity contribution in [2.45, 2.75) is 19.3 Å². The van der Waals surface area contributed by atoms with Crippen LogP contribution < -0.4 is 10.5 Å². The van der Waals surface area contributed by atoms with Crippen LogP contribution in [0, 0.1) is 5.92 Å². The first-order chi connectivity index (χ1) is 9.15. The maximum Gasteiger partial charge on any atom is 0.119 e. The zero-order valence-corrected chi connectivity index (χ0v) is 12.3. The zero-order valence-electron chi connectivity index (χ0n) is 11.5. The molecule has 1 aromatic carbocycles. The van der Waals surface area contributed by atoms with E-state index in [9.17, 15) is 0 Å². The molecule has 0 amide bonds. The Morgan fingerprint density at radius 3 is 2.63 bits per heavy atom. The lowest BCUT2D eigenvalue weighted by atomic mass is 10.2. The van der Waals surface area contributed by atoms with Crippen LogP contribution in [0.1, 0.15) is 24.8 Å². The summed E-state index contributed by atoms with van der Waals surface area (Å²) in [5.41, 5.74) is 6.43. The molecule has 19 heavy (non-hydrogen) atoms. The van der Waals surface area contributed by atoms with Crippen LogP contribution in [0.25, 0.3) is 0 Å². The Balaban J connectivity index is 1.63. The third-order valence-corrected chi connectivity index (χ3v) is 3.59. The first-order valence-electron chi connectivity index (χ1n) is 6.86. The quantitative estimate of drug-likeness (QED) is 0.585. The van der Waals surface area contributed by atoms with E-state index in [2.05, 4.69) is 11.9 Å². The molecule has 1 aromatic rings. The highest BCUT2D eigenvalue weighted by molar-refractivity contribution is 7.80. The molecule has 4 heteroatoms. The van der Waals surface area contributed by atoms with E-state index < -0.39 is 0 Å². The smallest absolute Gasteiger partial charge is 0.119 e. The molecular formula is C15H22N2OS. The van der Waals surface area contributed by atoms with E-state index in [1.54, 1.807) is 0 Å². The summed E-state index contributed by atoms with van der Waals surface area (Å²) in [5.74, 6) is 1.84. The summed E-state index contributed by atoms with van der Waals surface area (Å²) < 4.78 is 5.70. The Kier molecular flexibility index (Phi) is 5.16. The molecule has 0 saturated heterocycles. The van der Waals surface area contributed by atoms with Crippen LogP contribution in [0.4, 0.5) is 0 Å². The van der Waals surface area contributed by atoms with Gasteiger partial charge < -0.3 is 15.4 Å². The Morgan fingerprint density at radius 2 is 2.05 bits per heavy atom. The number of ether oxygens (including phenoxy) is 1. The van der Waals surface area contributed by atoms with Crippen LogP contribution in [0.15, 0.2) is 24.3 Å². The van der Waals surface area contributed by atoms with Gasteiger partial charge in [0, 0.05) is 18.7 Å². The monoisotopic (exact) mass is 278 g/mol. The van der Waals surface area contributed by atoms with Gasteiger partial charge in [-0.1, -0.05) is 12.2 Å². The van der Waals surface area contributed by atoms with Crippen molar-refractivity contribution in [2.75, 3.05) is 26.7 Å². The minimum absolute atomic E-state index is 0.424. The third kappa shape index (κ3) is 5.17. The minimum atomic E-state index is 0.424. The molecule has 3 nitrogen and oxygen atoms in total. The molecule has 0 spiro atoms. The molecule has 1 fully saturated rings. The maximum atomic E-state index is 5.70. The second-order valence-corrected chi connectivity index (χ2v) is 5.74. The molecule has 0 bridgehead atoms. The summed E-state index contributed by atoms with van der Waals surface area (Å²) in [6.07, 6.45) is 3.88. The van der Waals surface area contributed by atoms with E-state index in [4.69, 9.17) is 22.7 Å². The van der Waals surface area contributed by atoms with E-state index in [0.717, 1.165) is 36.8 Å². The van der Waals surface area contributed by atoms with Gasteiger partial charge in [-0.05, 0) is 56.5 Å². The normalized spacial score (nSPS) is 14.6. The second kappa shape index (κ2) is 6.87. The molecule has 104 valence electrons. The standard InChI is InChI=1S/C15H22N2OS/c1-17(11-12-3-4-12)9-2-10-18-14-7-5-13(6-8-14)15(16)19/h5-8,12H,2-4,9-11H2,1H3,(H2,16,19). The van der Waals surface area contributed by atoms with Crippen LogP contribution in [0.2, 0.25) is 0 Å². The molecule has 1 saturated carbocycles. The number of nitrogens with zero attached hydrogens (tertiary/aromatic N) is 1. The van der Waals surface area contributed by atoms with Crippen molar-refractivity contribution in [1.29, 1.82) is 0 Å². The van der Waals surface area contributed by atoms with Crippen molar-refractivity contribution >= 4 is 17.2 Å². The van der Waals surface area contributed by atoms with E-state index in [1.807, 2.05) is 24.3 Å². The van der Waals surface area contributed by atoms with Crippen LogP contribution in [-0.4, -0.2) is 36.6 Å². The molecule has 1 aliphatic carbocycles. The molecule has 0 radical (unpaired) electrons. The lowest BCUT2D eigenvalue weighted by Gasteiger charge is -2.16. The molecule has 0 atom stereocenters. The van der Waals surface area contributed by atoms with Crippen LogP contribution in [0.3, 0.4) is 0 Å². The lowest BCUT2D eigenvalue weighted by Crippen LogP contribution is -2.23. The Bertz CT molecular complexity index is 415. The minimum Gasteiger partial charge on any atom is -0.494 e. The van der Waals surface area contributed by atoms with E-state index in [0.29, 0.717) is 4.99 Å². The van der Waals surface area contributed by atoms with Crippen molar-refractivity contribution in [1.82, 2.24) is 4.90 Å². The fourth-order valence-electron chi connectivity index (χ4n) is 2.07. The number of benzene rings is 1. The highest BCUT2D eigenvalue weighted by atomic mass is 32.1. The number of hydrogen-bond acceptors (Lipinski definition) is 3. The first-order valence-corrected chi connectivity index (χ1v) is 7.27. The number of rotatable bonds is 8. The van der Waals surface area contributed by atoms with Crippen LogP contribution in [0.5, 0.6) is 5.75 Å². The van der Waals surface area contributed by atoms with Crippen molar-refractivity contribution in [2.24, 2.45) is 11.7 Å². The van der Waals surface area contributed by atoms with Gasteiger partial charge in [-0.15, -0.1) is 0 Å². The molecular weight excluding hydrogens is 256 g/mol. The third-order valence-electron chi connectivity index (χ3n) is 3.36. The van der Waals surface area contributed by atoms with Gasteiger partial charge in [0.15, 0.2) is 0 Å². The maximum absolute atomic E-state index is 5.70. The summed E-state index contributed by atoms with van der Waals surface area (Å²) in [6.45, 7) is 3.09. The van der Waals surface area contributed by atoms with Crippen molar-refractivity contribution < 1.29 is 4.74 Å². The largest absolute Gasteiger partial charge is 0.494 e. The van der Waals surface area contributed by atoms with Gasteiger partial charge in [0.05, 0.1) is 6.61 Å². The van der Waals surface area contributed by atoms with Gasteiger partial charge in [0.1, 0.15) is 10.7 Å². The van der Waals surface area contributed by atoms with Crippen molar-refractivity contribution in [3.8, 4) is 5.75 Å². The average molecular weight is 278 g/mol. The van der Waals surface area contributed by atoms with E-state index in [1.165, 1.54) is 19.4 Å². The van der Waals surface area contributed by atoms with Crippen LogP contribution in [-0.2, 0) is 0 Å². The van der Waals surface area contributed by atoms with Gasteiger partial charge in [0.2, 0.25) is 0 Å². The predicted octanol–water partition coefficient (Wildman–Crippen LogP) is 2.43. The summed E-state index contributed by atoms with van der Waals surface area (Å²) in [6, 6.07) is 7.64. The fraction of sp³-hybridized carbons (Fsp3) is 0.533. The van der Waals surface area contributed by atoms with Crippen LogP contribution >= 0.6 is 12.2 Å². The Labute approximate surface area is 120 Å². The lowest BCUT2D eigenvalue weighted by molar-refractivity contribution is 0.257. The molecule has 2 N–H and O–H groups in total. The highest BCUT2D eigenvalue weighted by Crippen LogP contribution is 2.29. The summed E-state index contributed by atoms with van der Waals surface area (Å²) in [4.78, 5) is 2.82. The molecule has 0 unspecified atom stereocenters. The molecule has 1 aliphatic rings. The Morgan fingerprint density at radius 1 is 1.37 bits per heavy atom. The van der Waals surface area contributed by atoms with E-state index in [-0.39, 0.29) is 0 Å². The molecule has 2 rings (SSSR count). The molecule has 0 heterocycles. The Hall–Kier alpha value is -1.13. The second-order valence-electron chi connectivity index (χ2n) is 5.30. The molecule has 0 aromatic heterocycles. The van der Waals surface area contributed by atoms with Crippen molar-refractivity contribution in [3.05, 3.63) is 29.8 Å².